The third-order valence-corrected chi connectivity index (χ3v) is 6.81. The molecule has 1 aromatic heterocycles. The fraction of sp³-hybridized carbons (Fsp3) is 0.296. The number of aromatic nitrogens is 1. The van der Waals surface area contributed by atoms with Crippen LogP contribution in [0, 0.1) is 0 Å². The summed E-state index contributed by atoms with van der Waals surface area (Å²) in [5, 5.41) is 2.44. The van der Waals surface area contributed by atoms with Crippen LogP contribution in [0.15, 0.2) is 66.1 Å². The second-order valence-corrected chi connectivity index (χ2v) is 9.08. The minimum Gasteiger partial charge on any atom is -0.497 e. The van der Waals surface area contributed by atoms with Crippen molar-refractivity contribution in [2.75, 3.05) is 18.6 Å². The number of anilines is 2. The summed E-state index contributed by atoms with van der Waals surface area (Å²) in [5.74, 6) is 0.674. The van der Waals surface area contributed by atoms with Crippen molar-refractivity contribution >= 4 is 40.0 Å². The standard InChI is InChI=1S/C27H29N3O3S/c1-20(31)30(23-9-5-3-6-10-23)27-28-22(19-34-27)14-17-26(32)29-18-8-4-7-11-25(29)21-12-15-24(33-2)16-13-21/h3,5-6,9-10,12-17,19,25H,4,7-8,11,18H2,1-2H3/b17-14+/t25-/m0/s1. The predicted octanol–water partition coefficient (Wildman–Crippen LogP) is 5.99. The number of hydrogen-bond donors (Lipinski definition) is 0. The van der Waals surface area contributed by atoms with Crippen LogP contribution in [-0.4, -0.2) is 35.4 Å². The number of nitrogens with zero attached hydrogens (tertiary/aromatic N) is 3. The lowest BCUT2D eigenvalue weighted by Gasteiger charge is -2.29. The first-order valence-electron chi connectivity index (χ1n) is 11.5. The second-order valence-electron chi connectivity index (χ2n) is 8.25. The van der Waals surface area contributed by atoms with Crippen LogP contribution in [0.1, 0.15) is 49.9 Å². The molecule has 2 aromatic carbocycles. The van der Waals surface area contributed by atoms with E-state index in [9.17, 15) is 9.59 Å². The maximum atomic E-state index is 13.2. The average molecular weight is 476 g/mol. The van der Waals surface area contributed by atoms with E-state index in [0.717, 1.165) is 49.2 Å². The lowest BCUT2D eigenvalue weighted by molar-refractivity contribution is -0.128. The summed E-state index contributed by atoms with van der Waals surface area (Å²) in [7, 11) is 1.65. The van der Waals surface area contributed by atoms with Gasteiger partial charge in [0.25, 0.3) is 0 Å². The average Bonchev–Trinajstić information content (AvgIpc) is 3.17. The van der Waals surface area contributed by atoms with Crippen LogP contribution in [0.3, 0.4) is 0 Å². The Morgan fingerprint density at radius 2 is 1.85 bits per heavy atom. The predicted molar refractivity (Wildman–Crippen MR) is 136 cm³/mol. The lowest BCUT2D eigenvalue weighted by Crippen LogP contribution is -2.33. The van der Waals surface area contributed by atoms with Gasteiger partial charge in [-0.05, 0) is 48.7 Å². The van der Waals surface area contributed by atoms with Crippen molar-refractivity contribution in [2.24, 2.45) is 0 Å². The molecular formula is C27H29N3O3S. The normalized spacial score (nSPS) is 16.3. The van der Waals surface area contributed by atoms with Crippen molar-refractivity contribution < 1.29 is 14.3 Å². The highest BCUT2D eigenvalue weighted by Gasteiger charge is 2.25. The minimum absolute atomic E-state index is 0.0243. The number of methoxy groups -OCH3 is 1. The van der Waals surface area contributed by atoms with E-state index in [2.05, 4.69) is 4.98 Å². The van der Waals surface area contributed by atoms with E-state index in [4.69, 9.17) is 4.74 Å². The molecule has 6 nitrogen and oxygen atoms in total. The number of rotatable bonds is 6. The largest absolute Gasteiger partial charge is 0.497 e. The van der Waals surface area contributed by atoms with Crippen molar-refractivity contribution in [1.82, 2.24) is 9.88 Å². The van der Waals surface area contributed by atoms with Gasteiger partial charge in [-0.3, -0.25) is 14.5 Å². The quantitative estimate of drug-likeness (QED) is 0.411. The molecule has 0 aliphatic carbocycles. The highest BCUT2D eigenvalue weighted by Crippen LogP contribution is 2.32. The Labute approximate surface area is 204 Å². The van der Waals surface area contributed by atoms with Crippen LogP contribution in [0.5, 0.6) is 5.75 Å². The van der Waals surface area contributed by atoms with Crippen LogP contribution in [0.25, 0.3) is 6.08 Å². The molecule has 1 aliphatic heterocycles. The Morgan fingerprint density at radius 1 is 1.09 bits per heavy atom. The topological polar surface area (TPSA) is 62.7 Å². The van der Waals surface area contributed by atoms with Gasteiger partial charge in [-0.2, -0.15) is 0 Å². The Morgan fingerprint density at radius 3 is 2.56 bits per heavy atom. The first-order chi connectivity index (χ1) is 16.6. The molecule has 0 radical (unpaired) electrons. The molecule has 0 saturated carbocycles. The number of carbonyl (C=O) groups excluding carboxylic acids is 2. The number of likely N-dealkylation sites (tertiary alicyclic amines) is 1. The number of para-hydroxylation sites is 1. The summed E-state index contributed by atoms with van der Waals surface area (Å²) in [6, 6.07) is 17.5. The SMILES string of the molecule is COc1ccc([C@@H]2CCCCCN2C(=O)/C=C/c2csc(N(C(C)=O)c3ccccc3)n2)cc1. The third kappa shape index (κ3) is 5.54. The molecule has 0 unspecified atom stereocenters. The zero-order valence-electron chi connectivity index (χ0n) is 19.5. The third-order valence-electron chi connectivity index (χ3n) is 5.96. The van der Waals surface area contributed by atoms with Gasteiger partial charge in [-0.15, -0.1) is 11.3 Å². The molecule has 34 heavy (non-hydrogen) atoms. The summed E-state index contributed by atoms with van der Waals surface area (Å²) in [4.78, 5) is 33.6. The molecule has 0 spiro atoms. The van der Waals surface area contributed by atoms with E-state index in [1.807, 2.05) is 64.9 Å². The minimum atomic E-state index is -0.112. The Bertz CT molecular complexity index is 1140. The molecule has 0 N–H and O–H groups in total. The summed E-state index contributed by atoms with van der Waals surface area (Å²) in [6.07, 6.45) is 7.49. The van der Waals surface area contributed by atoms with Crippen LogP contribution < -0.4 is 9.64 Å². The number of benzene rings is 2. The Kier molecular flexibility index (Phi) is 7.75. The highest BCUT2D eigenvalue weighted by molar-refractivity contribution is 7.14. The molecule has 0 bridgehead atoms. The Hall–Kier alpha value is -3.45. The fourth-order valence-corrected chi connectivity index (χ4v) is 5.11. The van der Waals surface area contributed by atoms with Crippen LogP contribution in [-0.2, 0) is 9.59 Å². The molecule has 7 heteroatoms. The van der Waals surface area contributed by atoms with E-state index in [-0.39, 0.29) is 17.9 Å². The van der Waals surface area contributed by atoms with Gasteiger partial charge in [0.15, 0.2) is 5.13 Å². The monoisotopic (exact) mass is 475 g/mol. The van der Waals surface area contributed by atoms with Crippen LogP contribution in [0.2, 0.25) is 0 Å². The van der Waals surface area contributed by atoms with Gasteiger partial charge >= 0.3 is 0 Å². The first-order valence-corrected chi connectivity index (χ1v) is 12.4. The van der Waals surface area contributed by atoms with Gasteiger partial charge in [0.2, 0.25) is 11.8 Å². The van der Waals surface area contributed by atoms with E-state index >= 15 is 0 Å². The molecule has 1 atom stereocenters. The molecule has 1 aliphatic rings. The van der Waals surface area contributed by atoms with Crippen LogP contribution in [0.4, 0.5) is 10.8 Å². The van der Waals surface area contributed by atoms with E-state index < -0.39 is 0 Å². The molecule has 1 saturated heterocycles. The summed E-state index contributed by atoms with van der Waals surface area (Å²) in [6.45, 7) is 2.25. The summed E-state index contributed by atoms with van der Waals surface area (Å²) >= 11 is 1.38. The van der Waals surface area contributed by atoms with Crippen LogP contribution >= 0.6 is 11.3 Å². The highest BCUT2D eigenvalue weighted by atomic mass is 32.1. The van der Waals surface area contributed by atoms with Crippen molar-refractivity contribution in [2.45, 2.75) is 38.6 Å². The van der Waals surface area contributed by atoms with E-state index in [1.54, 1.807) is 24.2 Å². The second kappa shape index (κ2) is 11.1. The van der Waals surface area contributed by atoms with Crippen molar-refractivity contribution in [3.63, 3.8) is 0 Å². The van der Waals surface area contributed by atoms with Gasteiger partial charge in [-0.1, -0.05) is 43.2 Å². The number of ether oxygens (including phenoxy) is 1. The molecule has 1 fully saturated rings. The van der Waals surface area contributed by atoms with Gasteiger partial charge in [0, 0.05) is 24.9 Å². The molecule has 4 rings (SSSR count). The fourth-order valence-electron chi connectivity index (χ4n) is 4.26. The van der Waals surface area contributed by atoms with Gasteiger partial charge in [-0.25, -0.2) is 4.98 Å². The number of thiazole rings is 1. The van der Waals surface area contributed by atoms with Gasteiger partial charge in [0.05, 0.1) is 24.5 Å². The molecule has 2 heterocycles. The lowest BCUT2D eigenvalue weighted by atomic mass is 10.0. The maximum Gasteiger partial charge on any atom is 0.247 e. The summed E-state index contributed by atoms with van der Waals surface area (Å²) < 4.78 is 5.28. The number of carbonyl (C=O) groups is 2. The zero-order valence-corrected chi connectivity index (χ0v) is 20.3. The van der Waals surface area contributed by atoms with Crippen molar-refractivity contribution in [1.29, 1.82) is 0 Å². The number of amides is 2. The zero-order chi connectivity index (χ0) is 23.9. The summed E-state index contributed by atoms with van der Waals surface area (Å²) in [5.41, 5.74) is 2.55. The smallest absolute Gasteiger partial charge is 0.247 e. The first kappa shape index (κ1) is 23.7. The van der Waals surface area contributed by atoms with Crippen molar-refractivity contribution in [3.05, 3.63) is 77.3 Å². The van der Waals surface area contributed by atoms with Gasteiger partial charge < -0.3 is 9.64 Å². The molecule has 176 valence electrons. The Balaban J connectivity index is 1.51. The maximum absolute atomic E-state index is 13.2. The molecular weight excluding hydrogens is 446 g/mol. The van der Waals surface area contributed by atoms with E-state index in [0.29, 0.717) is 10.8 Å². The number of hydrogen-bond acceptors (Lipinski definition) is 5. The molecule has 3 aromatic rings. The van der Waals surface area contributed by atoms with Gasteiger partial charge in [0.1, 0.15) is 5.75 Å². The van der Waals surface area contributed by atoms with E-state index in [1.165, 1.54) is 18.3 Å². The molecule has 2 amide bonds. The van der Waals surface area contributed by atoms with Crippen molar-refractivity contribution in [3.8, 4) is 5.75 Å².